The fourth-order valence-electron chi connectivity index (χ4n) is 5.37. The van der Waals surface area contributed by atoms with Gasteiger partial charge in [0.05, 0.1) is 12.0 Å². The third-order valence-electron chi connectivity index (χ3n) is 7.02. The summed E-state index contributed by atoms with van der Waals surface area (Å²) < 4.78 is 5.97. The number of carbonyl (C=O) groups is 4. The van der Waals surface area contributed by atoms with E-state index in [9.17, 15) is 24.3 Å². The van der Waals surface area contributed by atoms with Crippen LogP contribution in [0.1, 0.15) is 54.2 Å². The van der Waals surface area contributed by atoms with E-state index in [4.69, 9.17) is 4.43 Å². The van der Waals surface area contributed by atoms with Crippen molar-refractivity contribution in [2.45, 2.75) is 66.6 Å². The molecule has 33 heavy (non-hydrogen) atoms. The number of carboxylic acids is 1. The molecule has 0 unspecified atom stereocenters. The number of benzene rings is 1. The number of aliphatic carboxylic acids is 1. The molecule has 1 aromatic rings. The molecule has 1 aliphatic carbocycles. The molecule has 0 aromatic heterocycles. The highest BCUT2D eigenvalue weighted by molar-refractivity contribution is 6.48. The summed E-state index contributed by atoms with van der Waals surface area (Å²) in [4.78, 5) is 51.7. The molecule has 2 aliphatic rings. The van der Waals surface area contributed by atoms with Crippen molar-refractivity contribution in [3.05, 3.63) is 34.4 Å². The van der Waals surface area contributed by atoms with Crippen LogP contribution in [0.5, 0.6) is 0 Å². The maximum absolute atomic E-state index is 13.7. The molecule has 4 atom stereocenters. The van der Waals surface area contributed by atoms with Gasteiger partial charge in [0.25, 0.3) is 0 Å². The molecule has 1 fully saturated rings. The van der Waals surface area contributed by atoms with Gasteiger partial charge in [-0.25, -0.2) is 4.79 Å². The van der Waals surface area contributed by atoms with Gasteiger partial charge in [-0.15, -0.1) is 0 Å². The fraction of sp³-hybridized carbons (Fsp3) is 0.600. The van der Waals surface area contributed by atoms with Gasteiger partial charge in [-0.05, 0) is 68.3 Å². The Morgan fingerprint density at radius 2 is 1.85 bits per heavy atom. The molecule has 7 nitrogen and oxygen atoms in total. The van der Waals surface area contributed by atoms with Crippen molar-refractivity contribution < 1.29 is 28.7 Å². The normalized spacial score (nSPS) is 23.9. The Bertz CT molecular complexity index is 995. The lowest BCUT2D eigenvalue weighted by Gasteiger charge is -2.54. The van der Waals surface area contributed by atoms with E-state index in [1.54, 1.807) is 0 Å². The van der Waals surface area contributed by atoms with Gasteiger partial charge in [0, 0.05) is 18.1 Å². The van der Waals surface area contributed by atoms with E-state index in [0.29, 0.717) is 25.0 Å². The monoisotopic (exact) mass is 472 g/mol. The van der Waals surface area contributed by atoms with Crippen molar-refractivity contribution in [2.75, 3.05) is 6.61 Å². The summed E-state index contributed by atoms with van der Waals surface area (Å²) >= 11 is 0. The average molecular weight is 473 g/mol. The molecule has 0 bridgehead atoms. The highest BCUT2D eigenvalue weighted by atomic mass is 28.3. The average Bonchev–Trinajstić information content (AvgIpc) is 2.68. The first-order valence-corrected chi connectivity index (χ1v) is 13.8. The molecular weight excluding hydrogens is 438 g/mol. The third kappa shape index (κ3) is 4.68. The van der Waals surface area contributed by atoms with E-state index in [0.717, 1.165) is 21.6 Å². The molecule has 179 valence electrons. The number of carboxylic acid groups (broad SMARTS) is 1. The van der Waals surface area contributed by atoms with Gasteiger partial charge in [0.1, 0.15) is 0 Å². The number of imide groups is 1. The van der Waals surface area contributed by atoms with E-state index in [1.807, 2.05) is 59.8 Å². The van der Waals surface area contributed by atoms with Crippen LogP contribution in [0.15, 0.2) is 12.1 Å². The van der Waals surface area contributed by atoms with Crippen LogP contribution in [0, 0.1) is 37.0 Å². The molecule has 1 heterocycles. The zero-order valence-electron chi connectivity index (χ0n) is 20.5. The molecule has 1 N–H and O–H groups in total. The largest absolute Gasteiger partial charge is 0.474 e. The van der Waals surface area contributed by atoms with Crippen LogP contribution in [0.25, 0.3) is 0 Å². The summed E-state index contributed by atoms with van der Waals surface area (Å²) in [7, 11) is -1.02. The molecule has 0 saturated carbocycles. The number of rotatable bonds is 5. The van der Waals surface area contributed by atoms with Crippen molar-refractivity contribution in [3.63, 3.8) is 0 Å². The summed E-state index contributed by atoms with van der Waals surface area (Å²) in [5.41, 5.74) is 3.32. The van der Waals surface area contributed by atoms with Crippen LogP contribution in [0.2, 0.25) is 13.1 Å². The van der Waals surface area contributed by atoms with Gasteiger partial charge in [-0.2, -0.15) is 0 Å². The van der Waals surface area contributed by atoms with Crippen LogP contribution in [-0.4, -0.2) is 55.3 Å². The lowest BCUT2D eigenvalue weighted by Crippen LogP contribution is -2.71. The quantitative estimate of drug-likeness (QED) is 0.400. The number of amides is 2. The number of hydrogen-bond donors (Lipinski definition) is 1. The van der Waals surface area contributed by atoms with Gasteiger partial charge < -0.3 is 9.53 Å². The molecule has 2 amide bonds. The number of likely N-dealkylation sites (tertiary alicyclic amines) is 1. The number of carbonyl (C=O) groups excluding carboxylic acids is 3. The van der Waals surface area contributed by atoms with E-state index in [1.165, 1.54) is 0 Å². The smallest absolute Gasteiger partial charge is 0.395 e. The van der Waals surface area contributed by atoms with Gasteiger partial charge in [0.15, 0.2) is 5.78 Å². The molecule has 1 aromatic carbocycles. The predicted octanol–water partition coefficient (Wildman–Crippen LogP) is 3.42. The number of β-lactam (4-membered cyclic amide) rings is 1. The maximum atomic E-state index is 13.7. The van der Waals surface area contributed by atoms with Crippen molar-refractivity contribution in [1.82, 2.24) is 4.90 Å². The van der Waals surface area contributed by atoms with Crippen LogP contribution >= 0.6 is 0 Å². The van der Waals surface area contributed by atoms with E-state index < -0.39 is 44.7 Å². The first kappa shape index (κ1) is 25.3. The summed E-state index contributed by atoms with van der Waals surface area (Å²) in [5.74, 6) is -5.09. The Kier molecular flexibility index (Phi) is 7.01. The van der Waals surface area contributed by atoms with Gasteiger partial charge >= 0.3 is 11.9 Å². The van der Waals surface area contributed by atoms with Crippen molar-refractivity contribution >= 4 is 32.6 Å². The van der Waals surface area contributed by atoms with Crippen LogP contribution in [0.3, 0.4) is 0 Å². The summed E-state index contributed by atoms with van der Waals surface area (Å²) in [6.45, 7) is 14.3. The molecule has 3 rings (SSSR count). The highest BCUT2D eigenvalue weighted by Gasteiger charge is 2.61. The summed E-state index contributed by atoms with van der Waals surface area (Å²) in [6, 6.07) is 3.13. The van der Waals surface area contributed by atoms with Crippen LogP contribution in [0.4, 0.5) is 0 Å². The van der Waals surface area contributed by atoms with Crippen LogP contribution < -0.4 is 0 Å². The number of ketones is 1. The van der Waals surface area contributed by atoms with Crippen molar-refractivity contribution in [2.24, 2.45) is 23.2 Å². The lowest BCUT2D eigenvalue weighted by molar-refractivity contribution is -0.182. The molecule has 8 heteroatoms. The Morgan fingerprint density at radius 3 is 2.39 bits per heavy atom. The molecule has 1 radical (unpaired) electrons. The minimum Gasteiger partial charge on any atom is -0.474 e. The van der Waals surface area contributed by atoms with E-state index in [2.05, 4.69) is 0 Å². The van der Waals surface area contributed by atoms with Crippen LogP contribution in [-0.2, 0) is 25.2 Å². The summed E-state index contributed by atoms with van der Waals surface area (Å²) in [5, 5.41) is 9.36. The molecule has 1 saturated heterocycles. The Balaban J connectivity index is 2.05. The minimum absolute atomic E-state index is 0.113. The number of nitrogens with zero attached hydrogens (tertiary/aromatic N) is 1. The lowest BCUT2D eigenvalue weighted by atomic mass is 9.61. The van der Waals surface area contributed by atoms with Crippen molar-refractivity contribution in [1.29, 1.82) is 0 Å². The third-order valence-corrected chi connectivity index (χ3v) is 7.77. The highest BCUT2D eigenvalue weighted by Crippen LogP contribution is 2.47. The second kappa shape index (κ2) is 9.14. The second-order valence-electron chi connectivity index (χ2n) is 10.6. The number of aryl methyl sites for hydroxylation is 2. The van der Waals surface area contributed by atoms with Gasteiger partial charge in [-0.3, -0.25) is 19.3 Å². The first-order chi connectivity index (χ1) is 15.3. The van der Waals surface area contributed by atoms with Gasteiger partial charge in [-0.1, -0.05) is 32.4 Å². The zero-order valence-corrected chi connectivity index (χ0v) is 21.5. The standard InChI is InChI=1S/C25H34NO6Si/c1-13-10-14(2)15-8-9-16(21(27)17(15)11-13)20-19(22(28)26(20)23(29)24(30)31)18(25(3,4)5)12-32-33(6)7/h10-11,16,18-20H,8-9,12H2,1-7H3,(H,30,31)/t16-,18-,19+,20-/m1/s1. The molecule has 0 spiro atoms. The van der Waals surface area contributed by atoms with Gasteiger partial charge in [0.2, 0.25) is 14.9 Å². The SMILES string of the molecule is Cc1cc(C)c2c(c1)C(=O)[C@@H]([C@@H]1[C@H]([C@@H](CO[Si](C)C)C(C)(C)C)C(=O)N1C(=O)C(=O)O)CC2. The molecule has 1 aliphatic heterocycles. The Morgan fingerprint density at radius 1 is 1.21 bits per heavy atom. The minimum atomic E-state index is -1.68. The summed E-state index contributed by atoms with van der Waals surface area (Å²) in [6.07, 6.45) is 1.13. The Hall–Kier alpha value is -2.32. The second-order valence-corrected chi connectivity index (χ2v) is 12.7. The number of hydrogen-bond acceptors (Lipinski definition) is 5. The van der Waals surface area contributed by atoms with E-state index >= 15 is 0 Å². The fourth-order valence-corrected chi connectivity index (χ4v) is 5.88. The number of Topliss-reactive ketones (excluding diaryl/α,β-unsaturated/α-hetero) is 1. The molecular formula is C25H34NO6Si. The number of fused-ring (bicyclic) bond motifs is 1. The zero-order chi connectivity index (χ0) is 24.8. The van der Waals surface area contributed by atoms with E-state index in [-0.39, 0.29) is 17.1 Å². The topological polar surface area (TPSA) is 101 Å². The first-order valence-electron chi connectivity index (χ1n) is 11.4. The maximum Gasteiger partial charge on any atom is 0.395 e. The Labute approximate surface area is 197 Å². The predicted molar refractivity (Wildman–Crippen MR) is 125 cm³/mol. The van der Waals surface area contributed by atoms with Crippen molar-refractivity contribution in [3.8, 4) is 0 Å².